The summed E-state index contributed by atoms with van der Waals surface area (Å²) in [6.07, 6.45) is 0.739. The van der Waals surface area contributed by atoms with Crippen LogP contribution in [0.3, 0.4) is 0 Å². The highest BCUT2D eigenvalue weighted by Crippen LogP contribution is 2.45. The second-order valence-corrected chi connectivity index (χ2v) is 5.05. The third kappa shape index (κ3) is 1.65. The molecule has 0 aliphatic carbocycles. The standard InChI is InChI=1S/C13H16O2/c1-12(2)9-13(3,15-11(12)14)10-7-5-4-6-8-10/h4-8H,9H2,1-3H3. The van der Waals surface area contributed by atoms with Gasteiger partial charge in [-0.3, -0.25) is 4.79 Å². The van der Waals surface area contributed by atoms with Crippen molar-refractivity contribution in [1.82, 2.24) is 0 Å². The first-order valence-electron chi connectivity index (χ1n) is 5.23. The normalized spacial score (nSPS) is 28.9. The molecule has 0 saturated carbocycles. The van der Waals surface area contributed by atoms with Gasteiger partial charge < -0.3 is 4.74 Å². The van der Waals surface area contributed by atoms with Gasteiger partial charge in [0, 0.05) is 6.42 Å². The molecule has 2 rings (SSSR count). The van der Waals surface area contributed by atoms with Gasteiger partial charge in [-0.2, -0.15) is 0 Å². The summed E-state index contributed by atoms with van der Waals surface area (Å²) in [4.78, 5) is 11.7. The van der Waals surface area contributed by atoms with E-state index >= 15 is 0 Å². The summed E-state index contributed by atoms with van der Waals surface area (Å²) in [7, 11) is 0. The van der Waals surface area contributed by atoms with Crippen molar-refractivity contribution in [2.24, 2.45) is 5.41 Å². The Morgan fingerprint density at radius 3 is 2.20 bits per heavy atom. The van der Waals surface area contributed by atoms with Gasteiger partial charge >= 0.3 is 5.97 Å². The Morgan fingerprint density at radius 1 is 1.13 bits per heavy atom. The van der Waals surface area contributed by atoms with E-state index < -0.39 is 5.60 Å². The number of benzene rings is 1. The highest BCUT2D eigenvalue weighted by Gasteiger charge is 2.49. The second-order valence-electron chi connectivity index (χ2n) is 5.05. The van der Waals surface area contributed by atoms with Gasteiger partial charge in [0.15, 0.2) is 0 Å². The molecular weight excluding hydrogens is 188 g/mol. The highest BCUT2D eigenvalue weighted by atomic mass is 16.6. The zero-order chi connectivity index (χ0) is 11.1. The highest BCUT2D eigenvalue weighted by molar-refractivity contribution is 5.79. The smallest absolute Gasteiger partial charge is 0.312 e. The van der Waals surface area contributed by atoms with E-state index in [0.29, 0.717) is 0 Å². The lowest BCUT2D eigenvalue weighted by molar-refractivity contribution is -0.152. The van der Waals surface area contributed by atoms with Crippen molar-refractivity contribution < 1.29 is 9.53 Å². The van der Waals surface area contributed by atoms with Crippen LogP contribution in [-0.2, 0) is 15.1 Å². The number of hydrogen-bond donors (Lipinski definition) is 0. The van der Waals surface area contributed by atoms with Gasteiger partial charge in [0.2, 0.25) is 0 Å². The van der Waals surface area contributed by atoms with Crippen molar-refractivity contribution in [3.05, 3.63) is 35.9 Å². The Hall–Kier alpha value is -1.31. The van der Waals surface area contributed by atoms with E-state index in [1.54, 1.807) is 0 Å². The summed E-state index contributed by atoms with van der Waals surface area (Å²) < 4.78 is 5.51. The molecule has 0 amide bonds. The molecule has 2 nitrogen and oxygen atoms in total. The summed E-state index contributed by atoms with van der Waals surface area (Å²) in [6, 6.07) is 9.93. The van der Waals surface area contributed by atoms with Gasteiger partial charge in [-0.1, -0.05) is 30.3 Å². The lowest BCUT2D eigenvalue weighted by atomic mass is 9.81. The van der Waals surface area contributed by atoms with Crippen molar-refractivity contribution in [1.29, 1.82) is 0 Å². The maximum absolute atomic E-state index is 11.7. The first kappa shape index (κ1) is 10.2. The zero-order valence-electron chi connectivity index (χ0n) is 9.41. The molecule has 0 bridgehead atoms. The lowest BCUT2D eigenvalue weighted by Crippen LogP contribution is -2.21. The SMILES string of the molecule is CC1(C)CC(C)(c2ccccc2)OC1=O. The lowest BCUT2D eigenvalue weighted by Gasteiger charge is -2.23. The Bertz CT molecular complexity index is 381. The number of rotatable bonds is 1. The third-order valence-electron chi connectivity index (χ3n) is 3.03. The van der Waals surface area contributed by atoms with Crippen molar-refractivity contribution in [3.63, 3.8) is 0 Å². The van der Waals surface area contributed by atoms with Crippen LogP contribution in [0.1, 0.15) is 32.8 Å². The largest absolute Gasteiger partial charge is 0.454 e. The third-order valence-corrected chi connectivity index (χ3v) is 3.03. The topological polar surface area (TPSA) is 26.3 Å². The number of carbonyl (C=O) groups excluding carboxylic acids is 1. The van der Waals surface area contributed by atoms with Crippen molar-refractivity contribution in [3.8, 4) is 0 Å². The van der Waals surface area contributed by atoms with E-state index in [4.69, 9.17) is 4.74 Å². The van der Waals surface area contributed by atoms with Gasteiger partial charge in [0.25, 0.3) is 0 Å². The Balaban J connectivity index is 2.36. The molecule has 1 unspecified atom stereocenters. The summed E-state index contributed by atoms with van der Waals surface area (Å²) in [5.74, 6) is -0.103. The van der Waals surface area contributed by atoms with Gasteiger partial charge in [0.1, 0.15) is 5.60 Å². The van der Waals surface area contributed by atoms with Crippen LogP contribution in [0, 0.1) is 5.41 Å². The van der Waals surface area contributed by atoms with Gasteiger partial charge in [-0.15, -0.1) is 0 Å². The van der Waals surface area contributed by atoms with Gasteiger partial charge in [-0.05, 0) is 26.3 Å². The number of esters is 1. The second kappa shape index (κ2) is 3.09. The van der Waals surface area contributed by atoms with Crippen LogP contribution in [0.15, 0.2) is 30.3 Å². The van der Waals surface area contributed by atoms with E-state index in [1.165, 1.54) is 0 Å². The van der Waals surface area contributed by atoms with Crippen LogP contribution < -0.4 is 0 Å². The van der Waals surface area contributed by atoms with E-state index in [1.807, 2.05) is 51.1 Å². The van der Waals surface area contributed by atoms with Gasteiger partial charge in [-0.25, -0.2) is 0 Å². The average molecular weight is 204 g/mol. The Labute approximate surface area is 90.3 Å². The van der Waals surface area contributed by atoms with Crippen molar-refractivity contribution >= 4 is 5.97 Å². The molecule has 0 N–H and O–H groups in total. The first-order chi connectivity index (χ1) is 6.94. The predicted octanol–water partition coefficient (Wildman–Crippen LogP) is 2.87. The average Bonchev–Trinajstić information content (AvgIpc) is 2.38. The molecule has 2 heteroatoms. The van der Waals surface area contributed by atoms with Crippen molar-refractivity contribution in [2.75, 3.05) is 0 Å². The van der Waals surface area contributed by atoms with Gasteiger partial charge in [0.05, 0.1) is 5.41 Å². The fourth-order valence-electron chi connectivity index (χ4n) is 2.25. The van der Waals surface area contributed by atoms with Crippen LogP contribution in [0.5, 0.6) is 0 Å². The molecule has 1 atom stereocenters. The molecule has 0 radical (unpaired) electrons. The quantitative estimate of drug-likeness (QED) is 0.657. The molecule has 0 spiro atoms. The molecule has 1 heterocycles. The number of carbonyl (C=O) groups is 1. The van der Waals surface area contributed by atoms with E-state index in [2.05, 4.69) is 0 Å². The minimum Gasteiger partial charge on any atom is -0.454 e. The molecule has 1 aliphatic rings. The summed E-state index contributed by atoms with van der Waals surface area (Å²) in [6.45, 7) is 5.85. The molecule has 80 valence electrons. The maximum Gasteiger partial charge on any atom is 0.312 e. The molecule has 15 heavy (non-hydrogen) atoms. The summed E-state index contributed by atoms with van der Waals surface area (Å²) in [5.41, 5.74) is 0.246. The maximum atomic E-state index is 11.7. The fraction of sp³-hybridized carbons (Fsp3) is 0.462. The Kier molecular flexibility index (Phi) is 2.10. The summed E-state index contributed by atoms with van der Waals surface area (Å²) >= 11 is 0. The zero-order valence-corrected chi connectivity index (χ0v) is 9.41. The molecule has 1 aliphatic heterocycles. The first-order valence-corrected chi connectivity index (χ1v) is 5.23. The predicted molar refractivity (Wildman–Crippen MR) is 58.3 cm³/mol. The number of ether oxygens (including phenoxy) is 1. The van der Waals surface area contributed by atoms with E-state index in [9.17, 15) is 4.79 Å². The Morgan fingerprint density at radius 2 is 1.73 bits per heavy atom. The van der Waals surface area contributed by atoms with Crippen LogP contribution in [-0.4, -0.2) is 5.97 Å². The van der Waals surface area contributed by atoms with Crippen LogP contribution in [0.4, 0.5) is 0 Å². The van der Waals surface area contributed by atoms with E-state index in [0.717, 1.165) is 12.0 Å². The summed E-state index contributed by atoms with van der Waals surface area (Å²) in [5, 5.41) is 0. The number of hydrogen-bond acceptors (Lipinski definition) is 2. The molecule has 0 aromatic heterocycles. The van der Waals surface area contributed by atoms with Crippen LogP contribution in [0.25, 0.3) is 0 Å². The van der Waals surface area contributed by atoms with Crippen LogP contribution >= 0.6 is 0 Å². The minimum absolute atomic E-state index is 0.103. The molecule has 1 fully saturated rings. The molecule has 1 aromatic rings. The van der Waals surface area contributed by atoms with E-state index in [-0.39, 0.29) is 11.4 Å². The minimum atomic E-state index is -0.457. The monoisotopic (exact) mass is 204 g/mol. The molecule has 1 aromatic carbocycles. The fourth-order valence-corrected chi connectivity index (χ4v) is 2.25. The van der Waals surface area contributed by atoms with Crippen molar-refractivity contribution in [2.45, 2.75) is 32.8 Å². The molecular formula is C13H16O2. The van der Waals surface area contributed by atoms with Crippen LogP contribution in [0.2, 0.25) is 0 Å². The number of cyclic esters (lactones) is 1. The molecule has 1 saturated heterocycles.